The molecule has 0 spiro atoms. The number of anilines is 3. The van der Waals surface area contributed by atoms with Crippen LogP contribution in [0.25, 0.3) is 0 Å². The molecular weight excluding hydrogens is 755 g/mol. The Hall–Kier alpha value is -4.09. The van der Waals surface area contributed by atoms with Gasteiger partial charge in [0.25, 0.3) is 11.8 Å². The van der Waals surface area contributed by atoms with E-state index in [0.29, 0.717) is 24.4 Å². The van der Waals surface area contributed by atoms with Gasteiger partial charge < -0.3 is 47.3 Å². The van der Waals surface area contributed by atoms with Crippen LogP contribution in [0.15, 0.2) is 22.6 Å². The SMILES string of the molecule is Cl.Cl.Cl.Cn1c(N)c(NC(=O)N2CC(N)C2)c[n+]1CC1=C(C(=O)[O-])N2C(=O)[C@@H](NC(=O)/C(=N\OC(C)(C)C(=O)O)c3nsc(N)n3)[C@H]2SC1. The zero-order valence-corrected chi connectivity index (χ0v) is 29.9. The van der Waals surface area contributed by atoms with Crippen LogP contribution in [0.3, 0.4) is 0 Å². The number of hydrogen-bond donors (Lipinski definition) is 6. The zero-order chi connectivity index (χ0) is 33.7. The van der Waals surface area contributed by atoms with Crippen LogP contribution in [0, 0.1) is 0 Å². The van der Waals surface area contributed by atoms with E-state index in [2.05, 4.69) is 25.1 Å². The topological polar surface area (TPSA) is 293 Å². The first-order chi connectivity index (χ1) is 21.6. The molecule has 0 aliphatic carbocycles. The number of aliphatic carboxylic acids is 2. The molecule has 2 atom stereocenters. The molecule has 0 aromatic carbocycles. The van der Waals surface area contributed by atoms with E-state index in [1.807, 2.05) is 0 Å². The van der Waals surface area contributed by atoms with Crippen molar-refractivity contribution in [1.82, 2.24) is 29.2 Å². The summed E-state index contributed by atoms with van der Waals surface area (Å²) in [5.41, 5.74) is 15.5. The number of rotatable bonds is 10. The van der Waals surface area contributed by atoms with Crippen molar-refractivity contribution >= 4 is 113 Å². The molecule has 20 nitrogen and oxygen atoms in total. The van der Waals surface area contributed by atoms with Crippen LogP contribution in [0.5, 0.6) is 0 Å². The number of carbonyl (C=O) groups excluding carboxylic acids is 4. The molecule has 0 radical (unpaired) electrons. The molecule has 5 heterocycles. The summed E-state index contributed by atoms with van der Waals surface area (Å²) in [4.78, 5) is 74.2. The number of amides is 4. The van der Waals surface area contributed by atoms with Crippen molar-refractivity contribution in [2.75, 3.05) is 35.6 Å². The van der Waals surface area contributed by atoms with Crippen LogP contribution in [-0.4, -0.2) is 106 Å². The van der Waals surface area contributed by atoms with Gasteiger partial charge in [0.2, 0.25) is 23.3 Å². The molecule has 4 amide bonds. The molecule has 2 aromatic heterocycles. The maximum Gasteiger partial charge on any atom is 0.350 e. The number of aromatic nitrogens is 4. The Balaban J connectivity index is 0.00000278. The minimum Gasteiger partial charge on any atom is -0.543 e. The molecule has 270 valence electrons. The van der Waals surface area contributed by atoms with Crippen molar-refractivity contribution < 1.29 is 43.7 Å². The Morgan fingerprint density at radius 1 is 1.22 bits per heavy atom. The molecule has 2 saturated heterocycles. The van der Waals surface area contributed by atoms with Crippen molar-refractivity contribution in [2.24, 2.45) is 17.9 Å². The molecule has 3 aliphatic rings. The Morgan fingerprint density at radius 2 is 1.88 bits per heavy atom. The Morgan fingerprint density at radius 3 is 2.43 bits per heavy atom. The van der Waals surface area contributed by atoms with E-state index in [-0.39, 0.29) is 84.1 Å². The molecule has 0 saturated carbocycles. The summed E-state index contributed by atoms with van der Waals surface area (Å²) in [5.74, 6) is -4.60. The quantitative estimate of drug-likeness (QED) is 0.0626. The number of hydrogen-bond acceptors (Lipinski definition) is 15. The lowest BCUT2D eigenvalue weighted by molar-refractivity contribution is -0.765. The number of nitrogens with zero attached hydrogens (tertiary/aromatic N) is 7. The summed E-state index contributed by atoms with van der Waals surface area (Å²) < 4.78 is 7.01. The second-order valence-electron chi connectivity index (χ2n) is 11.0. The van der Waals surface area contributed by atoms with Gasteiger partial charge in [-0.1, -0.05) is 5.16 Å². The van der Waals surface area contributed by atoms with E-state index < -0.39 is 46.5 Å². The highest BCUT2D eigenvalue weighted by Crippen LogP contribution is 2.40. The summed E-state index contributed by atoms with van der Waals surface area (Å²) in [6.45, 7) is 3.21. The number of nitrogen functional groups attached to an aromatic ring is 2. The molecule has 0 bridgehead atoms. The van der Waals surface area contributed by atoms with Gasteiger partial charge in [0.05, 0.1) is 18.7 Å². The fourth-order valence-electron chi connectivity index (χ4n) is 4.65. The molecule has 2 fully saturated rings. The Labute approximate surface area is 304 Å². The van der Waals surface area contributed by atoms with Crippen molar-refractivity contribution in [3.8, 4) is 0 Å². The molecule has 5 rings (SSSR count). The minimum atomic E-state index is -1.82. The average molecular weight is 788 g/mol. The fourth-order valence-corrected chi connectivity index (χ4v) is 6.42. The molecule has 25 heteroatoms. The zero-order valence-electron chi connectivity index (χ0n) is 25.8. The number of halogens is 3. The number of urea groups is 1. The number of β-lactam (4-membered cyclic amide) rings is 1. The lowest BCUT2D eigenvalue weighted by Crippen LogP contribution is -2.71. The van der Waals surface area contributed by atoms with E-state index >= 15 is 0 Å². The van der Waals surface area contributed by atoms with Crippen LogP contribution in [0.2, 0.25) is 0 Å². The van der Waals surface area contributed by atoms with E-state index in [1.165, 1.54) is 35.2 Å². The van der Waals surface area contributed by atoms with Gasteiger partial charge in [0, 0.05) is 42.0 Å². The molecule has 0 unspecified atom stereocenters. The first kappa shape index (κ1) is 41.1. The summed E-state index contributed by atoms with van der Waals surface area (Å²) in [7, 11) is 1.62. The lowest BCUT2D eigenvalue weighted by atomic mass is 10.0. The fraction of sp³-hybridized carbons (Fsp3) is 0.458. The summed E-state index contributed by atoms with van der Waals surface area (Å²) in [6.07, 6.45) is 1.54. The van der Waals surface area contributed by atoms with E-state index in [4.69, 9.17) is 22.0 Å². The molecule has 3 aliphatic heterocycles. The Bertz CT molecular complexity index is 1710. The highest BCUT2D eigenvalue weighted by molar-refractivity contribution is 8.00. The van der Waals surface area contributed by atoms with Gasteiger partial charge in [-0.15, -0.1) is 58.3 Å². The van der Waals surface area contributed by atoms with Crippen LogP contribution in [0.4, 0.5) is 21.4 Å². The third kappa shape index (κ3) is 8.05. The number of likely N-dealkylation sites (tertiary alicyclic amines) is 1. The van der Waals surface area contributed by atoms with Crippen molar-refractivity contribution in [2.45, 2.75) is 43.5 Å². The van der Waals surface area contributed by atoms with Crippen LogP contribution < -0.4 is 37.6 Å². The monoisotopic (exact) mass is 786 g/mol. The number of thioether (sulfide) groups is 1. The number of carboxylic acids is 2. The van der Waals surface area contributed by atoms with Crippen LogP contribution in [0.1, 0.15) is 19.7 Å². The average Bonchev–Trinajstić information content (AvgIpc) is 3.51. The van der Waals surface area contributed by atoms with E-state index in [9.17, 15) is 34.2 Å². The first-order valence-electron chi connectivity index (χ1n) is 13.5. The second-order valence-corrected chi connectivity index (χ2v) is 12.9. The highest BCUT2D eigenvalue weighted by Gasteiger charge is 2.53. The van der Waals surface area contributed by atoms with E-state index in [1.54, 1.807) is 17.9 Å². The summed E-state index contributed by atoms with van der Waals surface area (Å²) in [6, 6.07) is -1.65. The third-order valence-electron chi connectivity index (χ3n) is 7.36. The predicted octanol–water partition coefficient (Wildman–Crippen LogP) is -2.54. The molecule has 9 N–H and O–H groups in total. The van der Waals surface area contributed by atoms with Gasteiger partial charge in [0.15, 0.2) is 23.2 Å². The second kappa shape index (κ2) is 15.6. The molecular formula is C24H33Cl3N12O8S2. The number of carboxylic acid groups (broad SMARTS) is 2. The van der Waals surface area contributed by atoms with Gasteiger partial charge in [0.1, 0.15) is 11.4 Å². The predicted molar refractivity (Wildman–Crippen MR) is 181 cm³/mol. The smallest absolute Gasteiger partial charge is 0.350 e. The molecule has 2 aromatic rings. The van der Waals surface area contributed by atoms with Crippen LogP contribution in [-0.2, 0) is 37.6 Å². The van der Waals surface area contributed by atoms with Crippen molar-refractivity contribution in [3.05, 3.63) is 23.3 Å². The standard InChI is InChI=1S/C24H30N12O8S2.3ClH/c1-24(2,21(41)42)44-31-12(16-30-22(27)46-32-16)17(37)29-13-18(38)36-14(20(39)40)9(8-45-19(13)36)4-35-7-11(15(26)33(35)3)28-23(43)34-5-10(25)6-34;;;/h7,10,13,19,26H,4-6,8,25H2,1-3H3,(H6,27,28,29,30,32,37,39,40,41,42,43);3*1H/b31-12-;;;/t13-,19-;;;/m1.../s1. The van der Waals surface area contributed by atoms with Crippen molar-refractivity contribution in [3.63, 3.8) is 0 Å². The largest absolute Gasteiger partial charge is 0.543 e. The number of fused-ring (bicyclic) bond motifs is 1. The van der Waals surface area contributed by atoms with E-state index in [0.717, 1.165) is 16.4 Å². The van der Waals surface area contributed by atoms with Crippen molar-refractivity contribution in [1.29, 1.82) is 0 Å². The normalized spacial score (nSPS) is 18.9. The minimum absolute atomic E-state index is 0. The van der Waals surface area contributed by atoms with Gasteiger partial charge in [-0.3, -0.25) is 19.8 Å². The third-order valence-corrected chi connectivity index (χ3v) is 9.24. The summed E-state index contributed by atoms with van der Waals surface area (Å²) >= 11 is 1.94. The Kier molecular flexibility index (Phi) is 13.1. The maximum absolute atomic E-state index is 13.3. The lowest BCUT2D eigenvalue weighted by Gasteiger charge is -2.50. The van der Waals surface area contributed by atoms with Gasteiger partial charge in [-0.05, 0) is 13.8 Å². The number of oxime groups is 1. The summed E-state index contributed by atoms with van der Waals surface area (Å²) in [5, 5.41) is 29.7. The van der Waals surface area contributed by atoms with Gasteiger partial charge in [-0.25, -0.2) is 9.59 Å². The molecule has 49 heavy (non-hydrogen) atoms. The van der Waals surface area contributed by atoms with Crippen LogP contribution >= 0.6 is 60.5 Å². The number of carbonyl (C=O) groups is 5. The highest BCUT2D eigenvalue weighted by atomic mass is 35.5. The number of nitrogens with one attached hydrogen (secondary N) is 2. The first-order valence-corrected chi connectivity index (χ1v) is 15.4. The number of nitrogens with two attached hydrogens (primary N) is 3. The maximum atomic E-state index is 13.3. The van der Waals surface area contributed by atoms with Gasteiger partial charge >= 0.3 is 12.0 Å². The van der Waals surface area contributed by atoms with Gasteiger partial charge in [-0.2, -0.15) is 9.36 Å².